The summed E-state index contributed by atoms with van der Waals surface area (Å²) in [6.45, 7) is 1.02. The van der Waals surface area contributed by atoms with Gasteiger partial charge in [-0.05, 0) is 49.4 Å². The van der Waals surface area contributed by atoms with Gasteiger partial charge >= 0.3 is 0 Å². The number of nitrogens with zero attached hydrogens (tertiary/aromatic N) is 2. The first kappa shape index (κ1) is 21.8. The third kappa shape index (κ3) is 5.06. The standard InChI is InChI=1S/C24H26N4O4/c25-10-8-15-2-1-3-16(12-15)23(30)27-18-4-6-19(7-5-18)32-24-20(22(26)29)13-17-14-31-11-9-21(17)28-24/h1-3,12-13,18-19H,4-9,11,14H2,(H2,26,29)(H,27,30)/t18-,19-. The molecule has 4 rings (SSSR count). The first-order valence-electron chi connectivity index (χ1n) is 10.9. The molecule has 1 fully saturated rings. The summed E-state index contributed by atoms with van der Waals surface area (Å²) in [5.74, 6) is -0.413. The van der Waals surface area contributed by atoms with E-state index in [9.17, 15) is 9.59 Å². The first-order chi connectivity index (χ1) is 15.5. The Kier molecular flexibility index (Phi) is 6.66. The maximum Gasteiger partial charge on any atom is 0.254 e. The van der Waals surface area contributed by atoms with Crippen LogP contribution in [0.5, 0.6) is 5.88 Å². The van der Waals surface area contributed by atoms with Gasteiger partial charge in [0.25, 0.3) is 11.8 Å². The minimum absolute atomic E-state index is 0.0474. The van der Waals surface area contributed by atoms with Crippen LogP contribution in [0.25, 0.3) is 0 Å². The third-order valence-corrected chi connectivity index (χ3v) is 5.92. The fraction of sp³-hybridized carbons (Fsp3) is 0.417. The van der Waals surface area contributed by atoms with Crippen molar-refractivity contribution in [1.82, 2.24) is 10.3 Å². The Hall–Kier alpha value is -3.44. The molecule has 8 nitrogen and oxygen atoms in total. The Balaban J connectivity index is 1.35. The molecule has 2 amide bonds. The van der Waals surface area contributed by atoms with Gasteiger partial charge in [-0.3, -0.25) is 9.59 Å². The van der Waals surface area contributed by atoms with Gasteiger partial charge < -0.3 is 20.5 Å². The van der Waals surface area contributed by atoms with Crippen molar-refractivity contribution in [1.29, 1.82) is 5.26 Å². The molecule has 0 unspecified atom stereocenters. The van der Waals surface area contributed by atoms with E-state index < -0.39 is 5.91 Å². The van der Waals surface area contributed by atoms with Crippen LogP contribution in [0.2, 0.25) is 0 Å². The number of hydrogen-bond acceptors (Lipinski definition) is 6. The zero-order valence-corrected chi connectivity index (χ0v) is 17.8. The number of hydrogen-bond donors (Lipinski definition) is 2. The van der Waals surface area contributed by atoms with Crippen LogP contribution in [0.4, 0.5) is 0 Å². The average Bonchev–Trinajstić information content (AvgIpc) is 2.80. The third-order valence-electron chi connectivity index (χ3n) is 5.92. The predicted octanol–water partition coefficient (Wildman–Crippen LogP) is 2.44. The highest BCUT2D eigenvalue weighted by molar-refractivity contribution is 5.95. The number of benzene rings is 1. The lowest BCUT2D eigenvalue weighted by Crippen LogP contribution is -2.40. The molecule has 32 heavy (non-hydrogen) atoms. The van der Waals surface area contributed by atoms with Crippen LogP contribution in [0, 0.1) is 11.3 Å². The van der Waals surface area contributed by atoms with Gasteiger partial charge in [-0.2, -0.15) is 5.26 Å². The summed E-state index contributed by atoms with van der Waals surface area (Å²) >= 11 is 0. The summed E-state index contributed by atoms with van der Waals surface area (Å²) in [7, 11) is 0. The van der Waals surface area contributed by atoms with E-state index in [1.165, 1.54) is 0 Å². The van der Waals surface area contributed by atoms with Gasteiger partial charge in [0.15, 0.2) is 0 Å². The fourth-order valence-electron chi connectivity index (χ4n) is 4.20. The SMILES string of the molecule is N#CCc1cccc(C(=O)N[C@H]2CC[C@H](Oc3nc4c(cc3C(N)=O)COCC4)CC2)c1. The lowest BCUT2D eigenvalue weighted by atomic mass is 9.92. The maximum atomic E-state index is 12.6. The minimum atomic E-state index is -0.569. The summed E-state index contributed by atoms with van der Waals surface area (Å²) in [5, 5.41) is 11.9. The quantitative estimate of drug-likeness (QED) is 0.719. The van der Waals surface area contributed by atoms with Crippen molar-refractivity contribution in [3.63, 3.8) is 0 Å². The molecule has 0 atom stereocenters. The molecular weight excluding hydrogens is 408 g/mol. The Labute approximate surface area is 186 Å². The molecule has 8 heteroatoms. The van der Waals surface area contributed by atoms with E-state index in [1.807, 2.05) is 6.07 Å². The molecular formula is C24H26N4O4. The Morgan fingerprint density at radius 2 is 2.06 bits per heavy atom. The maximum absolute atomic E-state index is 12.6. The van der Waals surface area contributed by atoms with Gasteiger partial charge in [-0.25, -0.2) is 4.98 Å². The second-order valence-corrected chi connectivity index (χ2v) is 8.21. The molecule has 2 aliphatic rings. The van der Waals surface area contributed by atoms with Crippen LogP contribution in [0.1, 0.15) is 63.2 Å². The minimum Gasteiger partial charge on any atom is -0.474 e. The van der Waals surface area contributed by atoms with Crippen LogP contribution in [0.15, 0.2) is 30.3 Å². The van der Waals surface area contributed by atoms with Crippen LogP contribution in [-0.4, -0.2) is 35.6 Å². The number of aromatic nitrogens is 1. The normalized spacial score (nSPS) is 20.0. The highest BCUT2D eigenvalue weighted by atomic mass is 16.5. The van der Waals surface area contributed by atoms with Crippen LogP contribution >= 0.6 is 0 Å². The van der Waals surface area contributed by atoms with E-state index in [0.717, 1.165) is 42.5 Å². The topological polar surface area (TPSA) is 127 Å². The number of amides is 2. The van der Waals surface area contributed by atoms with E-state index in [4.69, 9.17) is 20.5 Å². The molecule has 0 radical (unpaired) electrons. The van der Waals surface area contributed by atoms with E-state index in [0.29, 0.717) is 31.1 Å². The van der Waals surface area contributed by atoms with Gasteiger partial charge in [0.1, 0.15) is 11.7 Å². The van der Waals surface area contributed by atoms with E-state index in [1.54, 1.807) is 24.3 Å². The van der Waals surface area contributed by atoms with Gasteiger partial charge in [0.2, 0.25) is 5.88 Å². The number of nitrogens with one attached hydrogen (secondary N) is 1. The number of carbonyl (C=O) groups is 2. The van der Waals surface area contributed by atoms with Crippen molar-refractivity contribution in [2.45, 2.75) is 57.3 Å². The van der Waals surface area contributed by atoms with Gasteiger partial charge in [-0.1, -0.05) is 12.1 Å². The molecule has 2 heterocycles. The molecule has 1 aromatic carbocycles. The number of rotatable bonds is 6. The zero-order valence-electron chi connectivity index (χ0n) is 17.8. The number of ether oxygens (including phenoxy) is 2. The van der Waals surface area contributed by atoms with E-state index in [2.05, 4.69) is 16.4 Å². The highest BCUT2D eigenvalue weighted by Gasteiger charge is 2.27. The van der Waals surface area contributed by atoms with Crippen LogP contribution in [-0.2, 0) is 24.2 Å². The van der Waals surface area contributed by atoms with Crippen LogP contribution < -0.4 is 15.8 Å². The van der Waals surface area contributed by atoms with Crippen molar-refractivity contribution in [3.8, 4) is 11.9 Å². The molecule has 2 aromatic rings. The van der Waals surface area contributed by atoms with Crippen molar-refractivity contribution >= 4 is 11.8 Å². The Bertz CT molecular complexity index is 1050. The van der Waals surface area contributed by atoms with Crippen molar-refractivity contribution < 1.29 is 19.1 Å². The molecule has 1 aliphatic carbocycles. The van der Waals surface area contributed by atoms with Crippen molar-refractivity contribution in [3.05, 3.63) is 58.3 Å². The first-order valence-corrected chi connectivity index (χ1v) is 10.9. The summed E-state index contributed by atoms with van der Waals surface area (Å²) in [6.07, 6.45) is 3.86. The van der Waals surface area contributed by atoms with Crippen molar-refractivity contribution in [2.75, 3.05) is 6.61 Å². The number of fused-ring (bicyclic) bond motifs is 1. The van der Waals surface area contributed by atoms with E-state index >= 15 is 0 Å². The molecule has 1 saturated carbocycles. The number of nitriles is 1. The molecule has 0 bridgehead atoms. The lowest BCUT2D eigenvalue weighted by molar-refractivity contribution is 0.0875. The molecule has 0 spiro atoms. The Morgan fingerprint density at radius 1 is 1.25 bits per heavy atom. The smallest absolute Gasteiger partial charge is 0.254 e. The van der Waals surface area contributed by atoms with Crippen LogP contribution in [0.3, 0.4) is 0 Å². The van der Waals surface area contributed by atoms with Gasteiger partial charge in [0, 0.05) is 23.6 Å². The average molecular weight is 434 g/mol. The second-order valence-electron chi connectivity index (χ2n) is 8.21. The van der Waals surface area contributed by atoms with Crippen molar-refractivity contribution in [2.24, 2.45) is 5.73 Å². The Morgan fingerprint density at radius 3 is 2.81 bits per heavy atom. The number of nitrogens with two attached hydrogens (primary N) is 1. The van der Waals surface area contributed by atoms with Gasteiger partial charge in [0.05, 0.1) is 31.4 Å². The molecule has 0 saturated heterocycles. The summed E-state index contributed by atoms with van der Waals surface area (Å²) < 4.78 is 11.5. The number of pyridine rings is 1. The highest BCUT2D eigenvalue weighted by Crippen LogP contribution is 2.28. The molecule has 1 aliphatic heterocycles. The molecule has 1 aromatic heterocycles. The fourth-order valence-corrected chi connectivity index (χ4v) is 4.20. The second kappa shape index (κ2) is 9.79. The molecule has 3 N–H and O–H groups in total. The molecule has 166 valence electrons. The monoisotopic (exact) mass is 434 g/mol. The number of carbonyl (C=O) groups excluding carboxylic acids is 2. The zero-order chi connectivity index (χ0) is 22.5. The van der Waals surface area contributed by atoms with E-state index in [-0.39, 0.29) is 30.0 Å². The lowest BCUT2D eigenvalue weighted by Gasteiger charge is -2.30. The number of primary amides is 1. The summed E-state index contributed by atoms with van der Waals surface area (Å²) in [5.41, 5.74) is 8.98. The summed E-state index contributed by atoms with van der Waals surface area (Å²) in [6, 6.07) is 11.0. The predicted molar refractivity (Wildman–Crippen MR) is 116 cm³/mol. The largest absolute Gasteiger partial charge is 0.474 e. The van der Waals surface area contributed by atoms with Gasteiger partial charge in [-0.15, -0.1) is 0 Å². The summed E-state index contributed by atoms with van der Waals surface area (Å²) in [4.78, 5) is 29.1.